The maximum Gasteiger partial charge on any atom is 0.131 e. The molecular weight excluding hydrogens is 478 g/mol. The molecule has 1 saturated heterocycles. The number of oxime groups is 1. The van der Waals surface area contributed by atoms with Gasteiger partial charge in [0, 0.05) is 31.3 Å². The van der Waals surface area contributed by atoms with E-state index in [1.807, 2.05) is 42.6 Å². The zero-order chi connectivity index (χ0) is 21.2. The van der Waals surface area contributed by atoms with Crippen molar-refractivity contribution in [3.8, 4) is 0 Å². The Labute approximate surface area is 194 Å². The molecule has 0 atom stereocenters. The molecule has 0 unspecified atom stereocenters. The van der Waals surface area contributed by atoms with E-state index in [2.05, 4.69) is 40.9 Å². The van der Waals surface area contributed by atoms with E-state index in [0.717, 1.165) is 58.7 Å². The van der Waals surface area contributed by atoms with E-state index in [-0.39, 0.29) is 0 Å². The first kappa shape index (κ1) is 20.6. The highest BCUT2D eigenvalue weighted by Crippen LogP contribution is 2.33. The van der Waals surface area contributed by atoms with Gasteiger partial charge in [0.05, 0.1) is 16.9 Å². The Kier molecular flexibility index (Phi) is 6.05. The van der Waals surface area contributed by atoms with Crippen LogP contribution in [0.5, 0.6) is 0 Å². The van der Waals surface area contributed by atoms with Gasteiger partial charge in [-0.1, -0.05) is 22.8 Å². The SMILES string of the molecule is Clc1cc(N2CCC(/C(=N/OCC3CC3)c3ccccn3)CC2)c2nc(Br)ccc2n1. The highest BCUT2D eigenvalue weighted by molar-refractivity contribution is 9.10. The number of rotatable bonds is 6. The maximum absolute atomic E-state index is 6.31. The van der Waals surface area contributed by atoms with Crippen LogP contribution in [-0.4, -0.2) is 40.4 Å². The third-order valence-corrected chi connectivity index (χ3v) is 6.52. The second-order valence-electron chi connectivity index (χ2n) is 8.16. The fraction of sp³-hybridized carbons (Fsp3) is 0.391. The number of halogens is 2. The van der Waals surface area contributed by atoms with Crippen molar-refractivity contribution < 1.29 is 4.84 Å². The third-order valence-electron chi connectivity index (χ3n) is 5.89. The predicted octanol–water partition coefficient (Wildman–Crippen LogP) is 5.49. The smallest absolute Gasteiger partial charge is 0.131 e. The van der Waals surface area contributed by atoms with Gasteiger partial charge in [0.2, 0.25) is 0 Å². The van der Waals surface area contributed by atoms with Crippen molar-refractivity contribution in [2.24, 2.45) is 17.0 Å². The van der Waals surface area contributed by atoms with Crippen LogP contribution in [0.1, 0.15) is 31.4 Å². The Hall–Kier alpha value is -2.25. The predicted molar refractivity (Wildman–Crippen MR) is 127 cm³/mol. The van der Waals surface area contributed by atoms with E-state index in [4.69, 9.17) is 16.4 Å². The average Bonchev–Trinajstić information content (AvgIpc) is 3.62. The van der Waals surface area contributed by atoms with Gasteiger partial charge in [-0.15, -0.1) is 0 Å². The van der Waals surface area contributed by atoms with Crippen molar-refractivity contribution in [2.75, 3.05) is 24.6 Å². The molecule has 8 heteroatoms. The second-order valence-corrected chi connectivity index (χ2v) is 9.36. The number of hydrogen-bond donors (Lipinski definition) is 0. The zero-order valence-corrected chi connectivity index (χ0v) is 19.4. The van der Waals surface area contributed by atoms with Crippen LogP contribution in [-0.2, 0) is 4.84 Å². The van der Waals surface area contributed by atoms with Crippen molar-refractivity contribution in [1.82, 2.24) is 15.0 Å². The summed E-state index contributed by atoms with van der Waals surface area (Å²) in [5, 5.41) is 5.04. The van der Waals surface area contributed by atoms with Crippen molar-refractivity contribution >= 4 is 50.0 Å². The summed E-state index contributed by atoms with van der Waals surface area (Å²) in [6.07, 6.45) is 6.23. The van der Waals surface area contributed by atoms with Crippen LogP contribution in [0, 0.1) is 11.8 Å². The molecule has 160 valence electrons. The topological polar surface area (TPSA) is 63.5 Å². The largest absolute Gasteiger partial charge is 0.395 e. The Balaban J connectivity index is 1.36. The number of nitrogens with zero attached hydrogens (tertiary/aromatic N) is 5. The summed E-state index contributed by atoms with van der Waals surface area (Å²) < 4.78 is 0.789. The van der Waals surface area contributed by atoms with Gasteiger partial charge in [0.25, 0.3) is 0 Å². The second kappa shape index (κ2) is 9.09. The van der Waals surface area contributed by atoms with Gasteiger partial charge < -0.3 is 9.74 Å². The molecule has 2 fully saturated rings. The molecule has 0 spiro atoms. The first-order valence-corrected chi connectivity index (χ1v) is 11.8. The van der Waals surface area contributed by atoms with Crippen LogP contribution in [0.25, 0.3) is 11.0 Å². The Morgan fingerprint density at radius 1 is 1.13 bits per heavy atom. The Bertz CT molecular complexity index is 1100. The average molecular weight is 501 g/mol. The normalized spacial score (nSPS) is 17.9. The van der Waals surface area contributed by atoms with E-state index in [9.17, 15) is 0 Å². The fourth-order valence-electron chi connectivity index (χ4n) is 4.01. The van der Waals surface area contributed by atoms with Crippen LogP contribution in [0.3, 0.4) is 0 Å². The molecule has 2 aliphatic rings. The van der Waals surface area contributed by atoms with Crippen LogP contribution >= 0.6 is 27.5 Å². The van der Waals surface area contributed by atoms with Crippen LogP contribution in [0.4, 0.5) is 5.69 Å². The van der Waals surface area contributed by atoms with Gasteiger partial charge in [0.15, 0.2) is 0 Å². The molecule has 0 aromatic carbocycles. The van der Waals surface area contributed by atoms with Crippen molar-refractivity contribution in [2.45, 2.75) is 25.7 Å². The number of hydrogen-bond acceptors (Lipinski definition) is 6. The number of aromatic nitrogens is 3. The fourth-order valence-corrected chi connectivity index (χ4v) is 4.52. The van der Waals surface area contributed by atoms with Crippen molar-refractivity contribution in [3.63, 3.8) is 0 Å². The standard InChI is InChI=1S/C23H23BrClN5O/c24-20-7-6-18-23(28-20)19(13-21(25)27-18)30-11-8-16(9-12-30)22(17-3-1-2-10-26-17)29-31-14-15-4-5-15/h1-3,6-7,10,13,15-16H,4-5,8-9,11-12,14H2/b29-22-. The molecule has 1 aliphatic carbocycles. The summed E-state index contributed by atoms with van der Waals surface area (Å²) in [7, 11) is 0. The monoisotopic (exact) mass is 499 g/mol. The van der Waals surface area contributed by atoms with Crippen LogP contribution in [0.2, 0.25) is 5.15 Å². The summed E-state index contributed by atoms with van der Waals surface area (Å²) in [5.74, 6) is 0.973. The Morgan fingerprint density at radius 2 is 1.97 bits per heavy atom. The third kappa shape index (κ3) is 4.83. The highest BCUT2D eigenvalue weighted by Gasteiger charge is 2.28. The van der Waals surface area contributed by atoms with Gasteiger partial charge in [-0.05, 0) is 71.8 Å². The minimum absolute atomic E-state index is 0.300. The van der Waals surface area contributed by atoms with Crippen molar-refractivity contribution in [1.29, 1.82) is 0 Å². The maximum atomic E-state index is 6.31. The first-order valence-electron chi connectivity index (χ1n) is 10.7. The van der Waals surface area contributed by atoms with Gasteiger partial charge in [-0.3, -0.25) is 4.98 Å². The van der Waals surface area contributed by atoms with E-state index in [0.29, 0.717) is 23.6 Å². The molecular formula is C23H23BrClN5O. The zero-order valence-electron chi connectivity index (χ0n) is 17.0. The molecule has 1 saturated carbocycles. The lowest BCUT2D eigenvalue weighted by atomic mass is 9.89. The van der Waals surface area contributed by atoms with Gasteiger partial charge in [-0.2, -0.15) is 0 Å². The molecule has 5 rings (SSSR count). The van der Waals surface area contributed by atoms with Gasteiger partial charge in [-0.25, -0.2) is 9.97 Å². The molecule has 0 amide bonds. The summed E-state index contributed by atoms with van der Waals surface area (Å²) in [6, 6.07) is 11.7. The lowest BCUT2D eigenvalue weighted by Gasteiger charge is -2.34. The van der Waals surface area contributed by atoms with E-state index in [1.165, 1.54) is 12.8 Å². The molecule has 0 radical (unpaired) electrons. The number of fused-ring (bicyclic) bond motifs is 1. The summed E-state index contributed by atoms with van der Waals surface area (Å²) in [4.78, 5) is 21.7. The van der Waals surface area contributed by atoms with Crippen LogP contribution in [0.15, 0.2) is 52.4 Å². The number of anilines is 1. The molecule has 31 heavy (non-hydrogen) atoms. The molecule has 0 N–H and O–H groups in total. The lowest BCUT2D eigenvalue weighted by molar-refractivity contribution is 0.132. The minimum atomic E-state index is 0.300. The summed E-state index contributed by atoms with van der Waals surface area (Å²) in [6.45, 7) is 2.46. The molecule has 4 heterocycles. The molecule has 3 aromatic rings. The Morgan fingerprint density at radius 3 is 2.71 bits per heavy atom. The molecule has 3 aromatic heterocycles. The quantitative estimate of drug-likeness (QED) is 0.254. The van der Waals surface area contributed by atoms with E-state index in [1.54, 1.807) is 0 Å². The molecule has 1 aliphatic heterocycles. The van der Waals surface area contributed by atoms with E-state index < -0.39 is 0 Å². The number of pyridine rings is 3. The lowest BCUT2D eigenvalue weighted by Crippen LogP contribution is -2.37. The van der Waals surface area contributed by atoms with Gasteiger partial charge >= 0.3 is 0 Å². The first-order chi connectivity index (χ1) is 15.2. The minimum Gasteiger partial charge on any atom is -0.395 e. The highest BCUT2D eigenvalue weighted by atomic mass is 79.9. The summed E-state index contributed by atoms with van der Waals surface area (Å²) in [5.41, 5.74) is 4.55. The van der Waals surface area contributed by atoms with E-state index >= 15 is 0 Å². The number of piperidine rings is 1. The van der Waals surface area contributed by atoms with Crippen LogP contribution < -0.4 is 4.90 Å². The summed E-state index contributed by atoms with van der Waals surface area (Å²) >= 11 is 9.78. The van der Waals surface area contributed by atoms with Gasteiger partial charge in [0.1, 0.15) is 27.6 Å². The molecule has 0 bridgehead atoms. The van der Waals surface area contributed by atoms with Crippen molar-refractivity contribution in [3.05, 3.63) is 58.0 Å². The molecule has 6 nitrogen and oxygen atoms in total.